The van der Waals surface area contributed by atoms with Crippen LogP contribution in [0, 0.1) is 0 Å². The van der Waals surface area contributed by atoms with Gasteiger partial charge in [-0.1, -0.05) is 30.3 Å². The summed E-state index contributed by atoms with van der Waals surface area (Å²) in [6, 6.07) is 16.4. The van der Waals surface area contributed by atoms with Gasteiger partial charge >= 0.3 is 6.18 Å². The Balaban J connectivity index is 1.70. The van der Waals surface area contributed by atoms with Crippen LogP contribution in [-0.4, -0.2) is 14.5 Å². The smallest absolute Gasteiger partial charge is 0.392 e. The Hall–Kier alpha value is -3.12. The number of pyridine rings is 1. The minimum atomic E-state index is -4.35. The summed E-state index contributed by atoms with van der Waals surface area (Å²) in [4.78, 5) is 4.49. The summed E-state index contributed by atoms with van der Waals surface area (Å²) >= 11 is 0. The average Bonchev–Trinajstić information content (AvgIpc) is 3.11. The standard InChI is InChI=1S/C21H15F3N2O/c22-21(23,24)18-7-4-15(5-8-18)19-12-26-11-17(6-9-20(26)25-19)16-3-1-2-14(10-16)13-27/h1-12,27H,13H2. The van der Waals surface area contributed by atoms with Crippen molar-refractivity contribution in [1.29, 1.82) is 0 Å². The van der Waals surface area contributed by atoms with Gasteiger partial charge in [0.05, 0.1) is 17.9 Å². The van der Waals surface area contributed by atoms with Gasteiger partial charge in [0.15, 0.2) is 0 Å². The fourth-order valence-electron chi connectivity index (χ4n) is 2.98. The molecule has 0 unspecified atom stereocenters. The predicted molar refractivity (Wildman–Crippen MR) is 97.0 cm³/mol. The second-order valence-corrected chi connectivity index (χ2v) is 6.24. The van der Waals surface area contributed by atoms with E-state index in [2.05, 4.69) is 4.98 Å². The number of nitrogens with zero attached hydrogens (tertiary/aromatic N) is 2. The Morgan fingerprint density at radius 3 is 2.30 bits per heavy atom. The van der Waals surface area contributed by atoms with E-state index in [0.29, 0.717) is 16.9 Å². The molecule has 0 bridgehead atoms. The van der Waals surface area contributed by atoms with E-state index in [9.17, 15) is 18.3 Å². The number of hydrogen-bond acceptors (Lipinski definition) is 2. The van der Waals surface area contributed by atoms with Gasteiger partial charge in [0.1, 0.15) is 5.65 Å². The molecule has 2 aromatic heterocycles. The van der Waals surface area contributed by atoms with Gasteiger partial charge in [0.25, 0.3) is 0 Å². The number of halogens is 3. The average molecular weight is 368 g/mol. The minimum Gasteiger partial charge on any atom is -0.392 e. The highest BCUT2D eigenvalue weighted by Gasteiger charge is 2.30. The molecule has 6 heteroatoms. The number of benzene rings is 2. The zero-order valence-corrected chi connectivity index (χ0v) is 14.1. The van der Waals surface area contributed by atoms with Crippen molar-refractivity contribution < 1.29 is 18.3 Å². The molecule has 4 aromatic rings. The maximum absolute atomic E-state index is 12.7. The lowest BCUT2D eigenvalue weighted by Gasteiger charge is -2.06. The Kier molecular flexibility index (Phi) is 4.20. The van der Waals surface area contributed by atoms with E-state index in [-0.39, 0.29) is 6.61 Å². The Labute approximate surface area is 153 Å². The van der Waals surface area contributed by atoms with Crippen LogP contribution in [0.1, 0.15) is 11.1 Å². The molecule has 3 nitrogen and oxygen atoms in total. The largest absolute Gasteiger partial charge is 0.416 e. The van der Waals surface area contributed by atoms with Crippen LogP contribution in [0.3, 0.4) is 0 Å². The molecule has 0 atom stereocenters. The van der Waals surface area contributed by atoms with Gasteiger partial charge in [-0.3, -0.25) is 0 Å². The van der Waals surface area contributed by atoms with Crippen LogP contribution < -0.4 is 0 Å². The number of rotatable bonds is 3. The highest BCUT2D eigenvalue weighted by Crippen LogP contribution is 2.31. The molecule has 0 saturated heterocycles. The lowest BCUT2D eigenvalue weighted by molar-refractivity contribution is -0.137. The van der Waals surface area contributed by atoms with Crippen LogP contribution in [0.4, 0.5) is 13.2 Å². The van der Waals surface area contributed by atoms with E-state index in [1.807, 2.05) is 47.0 Å². The number of aliphatic hydroxyl groups is 1. The van der Waals surface area contributed by atoms with Crippen LogP contribution in [0.2, 0.25) is 0 Å². The normalized spacial score (nSPS) is 11.9. The molecule has 4 rings (SSSR count). The Bertz CT molecular complexity index is 1100. The van der Waals surface area contributed by atoms with Crippen LogP contribution in [0.5, 0.6) is 0 Å². The second-order valence-electron chi connectivity index (χ2n) is 6.24. The predicted octanol–water partition coefficient (Wildman–Crippen LogP) is 5.18. The van der Waals surface area contributed by atoms with E-state index >= 15 is 0 Å². The third-order valence-corrected chi connectivity index (χ3v) is 4.40. The first-order valence-corrected chi connectivity index (χ1v) is 8.30. The molecule has 1 N–H and O–H groups in total. The van der Waals surface area contributed by atoms with Gasteiger partial charge in [-0.25, -0.2) is 4.98 Å². The summed E-state index contributed by atoms with van der Waals surface area (Å²) in [7, 11) is 0. The molecule has 0 amide bonds. The highest BCUT2D eigenvalue weighted by atomic mass is 19.4. The molecule has 0 fully saturated rings. The van der Waals surface area contributed by atoms with Crippen molar-refractivity contribution in [3.63, 3.8) is 0 Å². The lowest BCUT2D eigenvalue weighted by atomic mass is 10.1. The van der Waals surface area contributed by atoms with E-state index in [4.69, 9.17) is 0 Å². The van der Waals surface area contributed by atoms with Crippen molar-refractivity contribution >= 4 is 5.65 Å². The molecule has 0 aliphatic rings. The molecule has 2 heterocycles. The maximum atomic E-state index is 12.7. The quantitative estimate of drug-likeness (QED) is 0.541. The number of aromatic nitrogens is 2. The van der Waals surface area contributed by atoms with Crippen molar-refractivity contribution in [2.24, 2.45) is 0 Å². The van der Waals surface area contributed by atoms with Crippen molar-refractivity contribution in [3.05, 3.63) is 84.2 Å². The highest BCUT2D eigenvalue weighted by molar-refractivity contribution is 5.68. The van der Waals surface area contributed by atoms with Crippen molar-refractivity contribution in [3.8, 4) is 22.4 Å². The molecule has 27 heavy (non-hydrogen) atoms. The Morgan fingerprint density at radius 1 is 0.852 bits per heavy atom. The van der Waals surface area contributed by atoms with E-state index in [0.717, 1.165) is 28.8 Å². The van der Waals surface area contributed by atoms with Gasteiger partial charge in [-0.2, -0.15) is 13.2 Å². The molecule has 0 aliphatic heterocycles. The van der Waals surface area contributed by atoms with E-state index in [1.165, 1.54) is 12.1 Å². The first-order valence-electron chi connectivity index (χ1n) is 8.30. The van der Waals surface area contributed by atoms with E-state index < -0.39 is 11.7 Å². The summed E-state index contributed by atoms with van der Waals surface area (Å²) in [5, 5.41) is 9.29. The molecule has 0 aliphatic carbocycles. The van der Waals surface area contributed by atoms with Crippen molar-refractivity contribution in [2.75, 3.05) is 0 Å². The van der Waals surface area contributed by atoms with Crippen LogP contribution in [-0.2, 0) is 12.8 Å². The molecule has 136 valence electrons. The fourth-order valence-corrected chi connectivity index (χ4v) is 2.98. The zero-order chi connectivity index (χ0) is 19.0. The maximum Gasteiger partial charge on any atom is 0.416 e. The molecular formula is C21H15F3N2O. The molecule has 0 saturated carbocycles. The fraction of sp³-hybridized carbons (Fsp3) is 0.0952. The number of imidazole rings is 1. The van der Waals surface area contributed by atoms with Crippen molar-refractivity contribution in [1.82, 2.24) is 9.38 Å². The molecule has 0 spiro atoms. The number of hydrogen-bond donors (Lipinski definition) is 1. The van der Waals surface area contributed by atoms with Gasteiger partial charge in [0, 0.05) is 18.0 Å². The number of aliphatic hydroxyl groups excluding tert-OH is 1. The lowest BCUT2D eigenvalue weighted by Crippen LogP contribution is -2.03. The Morgan fingerprint density at radius 2 is 1.59 bits per heavy atom. The van der Waals surface area contributed by atoms with Gasteiger partial charge in [-0.05, 0) is 47.0 Å². The minimum absolute atomic E-state index is 0.0285. The molecule has 2 aromatic carbocycles. The van der Waals surface area contributed by atoms with Gasteiger partial charge < -0.3 is 9.51 Å². The summed E-state index contributed by atoms with van der Waals surface area (Å²) in [5.41, 5.74) is 3.99. The third-order valence-electron chi connectivity index (χ3n) is 4.40. The summed E-state index contributed by atoms with van der Waals surface area (Å²) in [5.74, 6) is 0. The third kappa shape index (κ3) is 3.44. The first kappa shape index (κ1) is 17.3. The zero-order valence-electron chi connectivity index (χ0n) is 14.1. The van der Waals surface area contributed by atoms with Crippen LogP contribution in [0.25, 0.3) is 28.0 Å². The number of alkyl halides is 3. The SMILES string of the molecule is OCc1cccc(-c2ccc3nc(-c4ccc(C(F)(F)F)cc4)cn3c2)c1. The molecule has 0 radical (unpaired) electrons. The van der Waals surface area contributed by atoms with Crippen molar-refractivity contribution in [2.45, 2.75) is 12.8 Å². The number of fused-ring (bicyclic) bond motifs is 1. The topological polar surface area (TPSA) is 37.5 Å². The summed E-state index contributed by atoms with van der Waals surface area (Å²) in [6.07, 6.45) is -0.654. The summed E-state index contributed by atoms with van der Waals surface area (Å²) in [6.45, 7) is -0.0285. The van der Waals surface area contributed by atoms with Crippen LogP contribution in [0.15, 0.2) is 73.1 Å². The summed E-state index contributed by atoms with van der Waals surface area (Å²) < 4.78 is 40.0. The first-order chi connectivity index (χ1) is 12.9. The second kappa shape index (κ2) is 6.55. The van der Waals surface area contributed by atoms with E-state index in [1.54, 1.807) is 6.20 Å². The van der Waals surface area contributed by atoms with Crippen LogP contribution >= 0.6 is 0 Å². The van der Waals surface area contributed by atoms with Gasteiger partial charge in [-0.15, -0.1) is 0 Å². The van der Waals surface area contributed by atoms with Gasteiger partial charge in [0.2, 0.25) is 0 Å². The monoisotopic (exact) mass is 368 g/mol. The molecular weight excluding hydrogens is 353 g/mol.